The van der Waals surface area contributed by atoms with E-state index in [1.807, 2.05) is 11.5 Å². The number of halogens is 3. The SMILES string of the molecule is CCNC(=S)NCCCn1c(-c2ccc(OC(F)(F)F)cc2)cs/c1=N\C(=O)c1ccc(OC)cc1OC. The molecule has 2 N–H and O–H groups in total. The topological polar surface area (TPSA) is 86.1 Å². The molecule has 1 amide bonds. The van der Waals surface area contributed by atoms with Gasteiger partial charge in [-0.15, -0.1) is 24.5 Å². The van der Waals surface area contributed by atoms with E-state index < -0.39 is 12.3 Å². The molecule has 0 bridgehead atoms. The third-order valence-electron chi connectivity index (χ3n) is 5.20. The molecule has 0 aliphatic carbocycles. The maximum Gasteiger partial charge on any atom is 0.573 e. The number of thiocarbonyl (C=S) groups is 1. The van der Waals surface area contributed by atoms with E-state index in [-0.39, 0.29) is 11.3 Å². The van der Waals surface area contributed by atoms with Gasteiger partial charge in [-0.1, -0.05) is 0 Å². The van der Waals surface area contributed by atoms with Gasteiger partial charge in [-0.05, 0) is 67.5 Å². The molecule has 204 valence electrons. The highest BCUT2D eigenvalue weighted by Crippen LogP contribution is 2.28. The number of thiazole rings is 1. The van der Waals surface area contributed by atoms with Crippen LogP contribution >= 0.6 is 23.6 Å². The maximum absolute atomic E-state index is 13.1. The average Bonchev–Trinajstić information content (AvgIpc) is 3.27. The number of hydrogen-bond acceptors (Lipinski definition) is 6. The van der Waals surface area contributed by atoms with Crippen LogP contribution in [0.5, 0.6) is 17.2 Å². The van der Waals surface area contributed by atoms with Crippen molar-refractivity contribution < 1.29 is 32.2 Å². The van der Waals surface area contributed by atoms with Crippen LogP contribution in [0.15, 0.2) is 52.8 Å². The Hall–Kier alpha value is -3.58. The first-order chi connectivity index (χ1) is 18.1. The van der Waals surface area contributed by atoms with Crippen LogP contribution < -0.4 is 29.6 Å². The van der Waals surface area contributed by atoms with Crippen molar-refractivity contribution in [3.05, 3.63) is 58.2 Å². The van der Waals surface area contributed by atoms with Gasteiger partial charge in [0.1, 0.15) is 17.2 Å². The van der Waals surface area contributed by atoms with Crippen LogP contribution in [-0.4, -0.2) is 49.3 Å². The molecular weight excluding hydrogens is 541 g/mol. The average molecular weight is 569 g/mol. The predicted molar refractivity (Wildman–Crippen MR) is 143 cm³/mol. The van der Waals surface area contributed by atoms with Crippen LogP contribution in [-0.2, 0) is 6.54 Å². The molecule has 1 aromatic heterocycles. The van der Waals surface area contributed by atoms with Crippen molar-refractivity contribution in [2.45, 2.75) is 26.3 Å². The van der Waals surface area contributed by atoms with Crippen LogP contribution in [0.25, 0.3) is 11.3 Å². The molecule has 0 radical (unpaired) electrons. The quantitative estimate of drug-likeness (QED) is 0.270. The number of carbonyl (C=O) groups excluding carboxylic acids is 1. The number of benzene rings is 2. The number of aromatic nitrogens is 1. The van der Waals surface area contributed by atoms with Gasteiger partial charge in [-0.25, -0.2) is 0 Å². The van der Waals surface area contributed by atoms with Gasteiger partial charge in [-0.3, -0.25) is 4.79 Å². The van der Waals surface area contributed by atoms with Crippen LogP contribution in [0.2, 0.25) is 0 Å². The summed E-state index contributed by atoms with van der Waals surface area (Å²) in [5, 5.41) is 8.46. The second kappa shape index (κ2) is 13.3. The number of amides is 1. The number of carbonyl (C=O) groups is 1. The highest BCUT2D eigenvalue weighted by Gasteiger charge is 2.31. The largest absolute Gasteiger partial charge is 0.573 e. The molecule has 1 heterocycles. The van der Waals surface area contributed by atoms with Gasteiger partial charge < -0.3 is 29.4 Å². The van der Waals surface area contributed by atoms with E-state index in [0.29, 0.717) is 58.7 Å². The Bertz CT molecular complexity index is 1320. The van der Waals surface area contributed by atoms with Crippen molar-refractivity contribution in [3.8, 4) is 28.5 Å². The number of nitrogens with zero attached hydrogens (tertiary/aromatic N) is 2. The van der Waals surface area contributed by atoms with Gasteiger partial charge in [0.2, 0.25) is 0 Å². The summed E-state index contributed by atoms with van der Waals surface area (Å²) in [6, 6.07) is 10.3. The summed E-state index contributed by atoms with van der Waals surface area (Å²) in [6.07, 6.45) is -4.14. The third-order valence-corrected chi connectivity index (χ3v) is 6.35. The molecule has 3 rings (SSSR count). The van der Waals surface area contributed by atoms with Crippen molar-refractivity contribution in [1.29, 1.82) is 0 Å². The normalized spacial score (nSPS) is 11.7. The molecule has 2 aromatic carbocycles. The number of nitrogens with one attached hydrogen (secondary N) is 2. The minimum Gasteiger partial charge on any atom is -0.497 e. The van der Waals surface area contributed by atoms with E-state index >= 15 is 0 Å². The van der Waals surface area contributed by atoms with Gasteiger partial charge >= 0.3 is 6.36 Å². The van der Waals surface area contributed by atoms with Crippen LogP contribution in [0.3, 0.4) is 0 Å². The Morgan fingerprint density at radius 2 is 1.79 bits per heavy atom. The molecule has 0 saturated heterocycles. The lowest BCUT2D eigenvalue weighted by molar-refractivity contribution is -0.274. The van der Waals surface area contributed by atoms with Gasteiger partial charge in [0.15, 0.2) is 9.91 Å². The van der Waals surface area contributed by atoms with Crippen molar-refractivity contribution in [2.75, 3.05) is 27.3 Å². The summed E-state index contributed by atoms with van der Waals surface area (Å²) in [6.45, 7) is 3.66. The zero-order valence-corrected chi connectivity index (χ0v) is 22.6. The minimum absolute atomic E-state index is 0.265. The van der Waals surface area contributed by atoms with E-state index in [9.17, 15) is 18.0 Å². The minimum atomic E-state index is -4.78. The van der Waals surface area contributed by atoms with Crippen molar-refractivity contribution >= 4 is 34.6 Å². The molecule has 13 heteroatoms. The first-order valence-corrected chi connectivity index (χ1v) is 12.8. The molecular formula is C25H27F3N4O4S2. The monoisotopic (exact) mass is 568 g/mol. The Labute approximate surface area is 227 Å². The Morgan fingerprint density at radius 1 is 1.08 bits per heavy atom. The lowest BCUT2D eigenvalue weighted by Gasteiger charge is -2.12. The molecule has 0 aliphatic rings. The lowest BCUT2D eigenvalue weighted by Crippen LogP contribution is -2.36. The van der Waals surface area contributed by atoms with Crippen LogP contribution in [0.4, 0.5) is 13.2 Å². The Kier molecular flexibility index (Phi) is 10.1. The summed E-state index contributed by atoms with van der Waals surface area (Å²) in [5.74, 6) is 0.0264. The fraction of sp³-hybridized carbons (Fsp3) is 0.320. The first-order valence-electron chi connectivity index (χ1n) is 11.5. The lowest BCUT2D eigenvalue weighted by atomic mass is 10.1. The first kappa shape index (κ1) is 29.0. The van der Waals surface area contributed by atoms with Crippen molar-refractivity contribution in [1.82, 2.24) is 15.2 Å². The van der Waals surface area contributed by atoms with Gasteiger partial charge in [0.25, 0.3) is 5.91 Å². The molecule has 0 atom stereocenters. The number of methoxy groups -OCH3 is 2. The third kappa shape index (κ3) is 7.96. The predicted octanol–water partition coefficient (Wildman–Crippen LogP) is 4.75. The molecule has 0 saturated carbocycles. The molecule has 8 nitrogen and oxygen atoms in total. The molecule has 38 heavy (non-hydrogen) atoms. The number of rotatable bonds is 10. The van der Waals surface area contributed by atoms with Gasteiger partial charge in [-0.2, -0.15) is 4.99 Å². The number of hydrogen-bond donors (Lipinski definition) is 2. The standard InChI is InChI=1S/C25H27F3N4O4S2/c1-4-29-23(37)30-12-5-13-32-20(16-6-8-17(9-7-16)36-25(26,27)28)15-38-24(32)31-22(33)19-11-10-18(34-2)14-21(19)35-3/h6-11,14-15H,4-5,12-13H2,1-3H3,(H2,29,30,37)/b31-24-. The maximum atomic E-state index is 13.1. The van der Waals surface area contributed by atoms with E-state index in [4.69, 9.17) is 21.7 Å². The molecule has 0 fully saturated rings. The van der Waals surface area contributed by atoms with Gasteiger partial charge in [0.05, 0.1) is 25.5 Å². The van der Waals surface area contributed by atoms with E-state index in [1.54, 1.807) is 23.6 Å². The smallest absolute Gasteiger partial charge is 0.497 e. The second-order valence-corrected chi connectivity index (χ2v) is 9.00. The zero-order chi connectivity index (χ0) is 27.7. The second-order valence-electron chi connectivity index (χ2n) is 7.75. The summed E-state index contributed by atoms with van der Waals surface area (Å²) in [4.78, 5) is 17.9. The van der Waals surface area contributed by atoms with Gasteiger partial charge in [0, 0.05) is 31.1 Å². The van der Waals surface area contributed by atoms with E-state index in [2.05, 4.69) is 20.4 Å². The van der Waals surface area contributed by atoms with Crippen LogP contribution in [0, 0.1) is 0 Å². The summed E-state index contributed by atoms with van der Waals surface area (Å²) in [5.41, 5.74) is 1.60. The van der Waals surface area contributed by atoms with E-state index in [1.165, 1.54) is 49.8 Å². The molecule has 0 aliphatic heterocycles. The fourth-order valence-electron chi connectivity index (χ4n) is 3.48. The number of ether oxygens (including phenoxy) is 3. The highest BCUT2D eigenvalue weighted by molar-refractivity contribution is 7.80. The van der Waals surface area contributed by atoms with E-state index in [0.717, 1.165) is 0 Å². The highest BCUT2D eigenvalue weighted by atomic mass is 32.1. The van der Waals surface area contributed by atoms with Crippen molar-refractivity contribution in [3.63, 3.8) is 0 Å². The summed E-state index contributed by atoms with van der Waals surface area (Å²) < 4.78 is 54.0. The number of alkyl halides is 3. The molecule has 0 unspecified atom stereocenters. The fourth-order valence-corrected chi connectivity index (χ4v) is 4.66. The Balaban J connectivity index is 1.94. The zero-order valence-electron chi connectivity index (χ0n) is 20.9. The Morgan fingerprint density at radius 3 is 2.42 bits per heavy atom. The summed E-state index contributed by atoms with van der Waals surface area (Å²) >= 11 is 6.44. The van der Waals surface area contributed by atoms with Crippen molar-refractivity contribution in [2.24, 2.45) is 4.99 Å². The molecule has 3 aromatic rings. The molecule has 0 spiro atoms. The van der Waals surface area contributed by atoms with Crippen LogP contribution in [0.1, 0.15) is 23.7 Å². The summed E-state index contributed by atoms with van der Waals surface area (Å²) in [7, 11) is 2.96.